The highest BCUT2D eigenvalue weighted by Gasteiger charge is 2.32. The lowest BCUT2D eigenvalue weighted by molar-refractivity contribution is -0.886. The number of fused-ring (bicyclic) bond motifs is 1. The normalized spacial score (nSPS) is 12.9. The Bertz CT molecular complexity index is 744. The minimum absolute atomic E-state index is 0.0904. The lowest BCUT2D eigenvalue weighted by atomic mass is 10.0. The van der Waals surface area contributed by atoms with Crippen LogP contribution in [0.1, 0.15) is 76.7 Å². The van der Waals surface area contributed by atoms with Crippen LogP contribution in [0.2, 0.25) is 0 Å². The number of hydrogen-bond acceptors (Lipinski definition) is 1. The SMILES string of the molecule is CCCCCCCCCCCCNC(=O)C(Cc1c[nH]c2ccccc12)[N+](C)(C)C. The maximum absolute atomic E-state index is 13.0. The van der Waals surface area contributed by atoms with E-state index >= 15 is 0 Å². The third-order valence-corrected chi connectivity index (χ3v) is 6.16. The van der Waals surface area contributed by atoms with Gasteiger partial charge in [-0.15, -0.1) is 0 Å². The highest BCUT2D eigenvalue weighted by atomic mass is 16.2. The number of likely N-dealkylation sites (N-methyl/N-ethyl adjacent to an activating group) is 1. The predicted molar refractivity (Wildman–Crippen MR) is 129 cm³/mol. The molecule has 0 aliphatic carbocycles. The summed E-state index contributed by atoms with van der Waals surface area (Å²) in [7, 11) is 6.33. The zero-order chi connectivity index (χ0) is 21.8. The summed E-state index contributed by atoms with van der Waals surface area (Å²) in [5.74, 6) is 0.170. The third kappa shape index (κ3) is 8.14. The van der Waals surface area contributed by atoms with Gasteiger partial charge in [0.2, 0.25) is 0 Å². The molecule has 30 heavy (non-hydrogen) atoms. The summed E-state index contributed by atoms with van der Waals surface area (Å²) >= 11 is 0. The molecular formula is C26H44N3O+. The first kappa shape index (κ1) is 24.5. The van der Waals surface area contributed by atoms with Gasteiger partial charge in [0.1, 0.15) is 0 Å². The number of carbonyl (C=O) groups excluding carboxylic acids is 1. The van der Waals surface area contributed by atoms with E-state index in [0.29, 0.717) is 4.48 Å². The number of benzene rings is 1. The average molecular weight is 415 g/mol. The van der Waals surface area contributed by atoms with Gasteiger partial charge < -0.3 is 14.8 Å². The molecule has 0 spiro atoms. The molecule has 0 saturated carbocycles. The van der Waals surface area contributed by atoms with Crippen molar-refractivity contribution in [2.45, 2.75) is 83.6 Å². The topological polar surface area (TPSA) is 44.9 Å². The molecule has 1 aromatic carbocycles. The van der Waals surface area contributed by atoms with Gasteiger partial charge in [-0.25, -0.2) is 0 Å². The number of carbonyl (C=O) groups is 1. The number of amides is 1. The Balaban J connectivity index is 1.71. The Kier molecular flexibility index (Phi) is 10.4. The smallest absolute Gasteiger partial charge is 0.278 e. The maximum atomic E-state index is 13.0. The zero-order valence-corrected chi connectivity index (χ0v) is 19.8. The molecular weight excluding hydrogens is 370 g/mol. The Morgan fingerprint density at radius 3 is 2.17 bits per heavy atom. The molecule has 4 heteroatoms. The third-order valence-electron chi connectivity index (χ3n) is 6.16. The number of rotatable bonds is 15. The molecule has 0 aliphatic heterocycles. The van der Waals surface area contributed by atoms with E-state index in [-0.39, 0.29) is 11.9 Å². The van der Waals surface area contributed by atoms with Gasteiger partial charge in [-0.3, -0.25) is 4.79 Å². The monoisotopic (exact) mass is 414 g/mol. The molecule has 1 atom stereocenters. The van der Waals surface area contributed by atoms with Gasteiger partial charge in [0.15, 0.2) is 6.04 Å². The van der Waals surface area contributed by atoms with Gasteiger partial charge >= 0.3 is 0 Å². The fourth-order valence-electron chi connectivity index (χ4n) is 4.17. The molecule has 1 aromatic heterocycles. The summed E-state index contributed by atoms with van der Waals surface area (Å²) in [5.41, 5.74) is 2.36. The van der Waals surface area contributed by atoms with E-state index in [0.717, 1.165) is 24.9 Å². The first-order chi connectivity index (χ1) is 14.4. The number of para-hydroxylation sites is 1. The number of unbranched alkanes of at least 4 members (excludes halogenated alkanes) is 9. The predicted octanol–water partition coefficient (Wildman–Crippen LogP) is 5.82. The Morgan fingerprint density at radius 1 is 0.933 bits per heavy atom. The van der Waals surface area contributed by atoms with Crippen LogP contribution >= 0.6 is 0 Å². The maximum Gasteiger partial charge on any atom is 0.278 e. The van der Waals surface area contributed by atoms with Gasteiger partial charge in [0, 0.05) is 30.1 Å². The number of hydrogen-bond donors (Lipinski definition) is 2. The van der Waals surface area contributed by atoms with Crippen LogP contribution < -0.4 is 5.32 Å². The molecule has 2 rings (SSSR count). The largest absolute Gasteiger partial charge is 0.361 e. The van der Waals surface area contributed by atoms with Gasteiger partial charge in [0.05, 0.1) is 21.1 Å². The Morgan fingerprint density at radius 2 is 1.53 bits per heavy atom. The van der Waals surface area contributed by atoms with Gasteiger partial charge in [0.25, 0.3) is 5.91 Å². The number of H-pyrrole nitrogens is 1. The molecule has 168 valence electrons. The number of nitrogens with one attached hydrogen (secondary N) is 2. The number of aromatic nitrogens is 1. The van der Waals surface area contributed by atoms with Crippen LogP contribution in [0.25, 0.3) is 10.9 Å². The highest BCUT2D eigenvalue weighted by molar-refractivity contribution is 5.85. The lowest BCUT2D eigenvalue weighted by Gasteiger charge is -2.33. The standard InChI is InChI=1S/C26H43N3O/c1-5-6-7-8-9-10-11-12-13-16-19-27-26(30)25(29(2,3)4)20-22-21-28-24-18-15-14-17-23(22)24/h14-15,17-18,21,25,28H,5-13,16,19-20H2,1-4H3/p+1. The molecule has 2 aromatic rings. The van der Waals surface area contributed by atoms with Crippen molar-refractivity contribution in [3.63, 3.8) is 0 Å². The van der Waals surface area contributed by atoms with Crippen molar-refractivity contribution in [2.75, 3.05) is 27.7 Å². The first-order valence-corrected chi connectivity index (χ1v) is 12.1. The number of quaternary nitrogens is 1. The van der Waals surface area contributed by atoms with Crippen LogP contribution in [0.15, 0.2) is 30.5 Å². The zero-order valence-electron chi connectivity index (χ0n) is 19.8. The van der Waals surface area contributed by atoms with Crippen LogP contribution in [0.4, 0.5) is 0 Å². The van der Waals surface area contributed by atoms with E-state index in [1.165, 1.54) is 68.7 Å². The van der Waals surface area contributed by atoms with E-state index in [9.17, 15) is 4.79 Å². The van der Waals surface area contributed by atoms with E-state index in [1.807, 2.05) is 6.07 Å². The summed E-state index contributed by atoms with van der Waals surface area (Å²) in [5, 5.41) is 4.43. The summed E-state index contributed by atoms with van der Waals surface area (Å²) in [6.07, 6.45) is 16.0. The first-order valence-electron chi connectivity index (χ1n) is 12.1. The lowest BCUT2D eigenvalue weighted by Crippen LogP contribution is -2.55. The summed E-state index contributed by atoms with van der Waals surface area (Å²) in [6, 6.07) is 8.23. The van der Waals surface area contributed by atoms with Crippen molar-refractivity contribution in [3.05, 3.63) is 36.0 Å². The van der Waals surface area contributed by atoms with E-state index in [1.54, 1.807) is 0 Å². The van der Waals surface area contributed by atoms with E-state index in [4.69, 9.17) is 0 Å². The van der Waals surface area contributed by atoms with Crippen molar-refractivity contribution in [1.82, 2.24) is 10.3 Å². The van der Waals surface area contributed by atoms with Crippen LogP contribution in [-0.2, 0) is 11.2 Å². The molecule has 0 radical (unpaired) electrons. The molecule has 1 amide bonds. The minimum atomic E-state index is -0.0904. The van der Waals surface area contributed by atoms with Crippen molar-refractivity contribution >= 4 is 16.8 Å². The molecule has 4 nitrogen and oxygen atoms in total. The molecule has 0 fully saturated rings. The molecule has 1 heterocycles. The van der Waals surface area contributed by atoms with Gasteiger partial charge in [-0.2, -0.15) is 0 Å². The van der Waals surface area contributed by atoms with Crippen molar-refractivity contribution in [2.24, 2.45) is 0 Å². The second-order valence-corrected chi connectivity index (χ2v) is 9.67. The summed E-state index contributed by atoms with van der Waals surface area (Å²) < 4.78 is 0.628. The van der Waals surface area contributed by atoms with Crippen LogP contribution in [0, 0.1) is 0 Å². The Labute approximate surface area is 184 Å². The second-order valence-electron chi connectivity index (χ2n) is 9.67. The van der Waals surface area contributed by atoms with Crippen molar-refractivity contribution < 1.29 is 9.28 Å². The van der Waals surface area contributed by atoms with Gasteiger partial charge in [-0.05, 0) is 18.1 Å². The quantitative estimate of drug-likeness (QED) is 0.280. The van der Waals surface area contributed by atoms with E-state index < -0.39 is 0 Å². The average Bonchev–Trinajstić information content (AvgIpc) is 3.12. The fourth-order valence-corrected chi connectivity index (χ4v) is 4.17. The number of aromatic amines is 1. The number of nitrogens with zero attached hydrogens (tertiary/aromatic N) is 1. The van der Waals surface area contributed by atoms with Crippen molar-refractivity contribution in [1.29, 1.82) is 0 Å². The summed E-state index contributed by atoms with van der Waals surface area (Å²) in [4.78, 5) is 16.3. The van der Waals surface area contributed by atoms with Crippen LogP contribution in [0.5, 0.6) is 0 Å². The fraction of sp³-hybridized carbons (Fsp3) is 0.654. The second kappa shape index (κ2) is 12.8. The molecule has 0 saturated heterocycles. The summed E-state index contributed by atoms with van der Waals surface area (Å²) in [6.45, 7) is 3.06. The molecule has 0 bridgehead atoms. The molecule has 0 aliphatic rings. The highest BCUT2D eigenvalue weighted by Crippen LogP contribution is 2.21. The molecule has 2 N–H and O–H groups in total. The molecule has 1 unspecified atom stereocenters. The van der Waals surface area contributed by atoms with Crippen LogP contribution in [0.3, 0.4) is 0 Å². The van der Waals surface area contributed by atoms with Crippen molar-refractivity contribution in [3.8, 4) is 0 Å². The van der Waals surface area contributed by atoms with Gasteiger partial charge in [-0.1, -0.05) is 82.9 Å². The minimum Gasteiger partial charge on any atom is -0.361 e. The van der Waals surface area contributed by atoms with E-state index in [2.05, 4.69) is 62.8 Å². The van der Waals surface area contributed by atoms with Crippen LogP contribution in [-0.4, -0.2) is 49.1 Å². The Hall–Kier alpha value is -1.81.